The third-order valence-electron chi connectivity index (χ3n) is 4.16. The number of thiazole rings is 1. The number of aryl methyl sites for hydroxylation is 2. The molecule has 120 valence electrons. The summed E-state index contributed by atoms with van der Waals surface area (Å²) >= 11 is 1.56. The Hall–Kier alpha value is -2.66. The second-order valence-electron chi connectivity index (χ2n) is 5.63. The highest BCUT2D eigenvalue weighted by atomic mass is 32.1. The van der Waals surface area contributed by atoms with Crippen LogP contribution in [0.1, 0.15) is 20.8 Å². The Morgan fingerprint density at radius 1 is 1.12 bits per heavy atom. The van der Waals surface area contributed by atoms with E-state index in [1.54, 1.807) is 42.7 Å². The van der Waals surface area contributed by atoms with Gasteiger partial charge in [-0.3, -0.25) is 10.1 Å². The van der Waals surface area contributed by atoms with E-state index in [2.05, 4.69) is 28.5 Å². The van der Waals surface area contributed by atoms with E-state index in [0.29, 0.717) is 10.7 Å². The molecule has 4 rings (SSSR count). The largest absolute Gasteiger partial charge is 0.497 e. The minimum absolute atomic E-state index is 0.156. The van der Waals surface area contributed by atoms with Gasteiger partial charge in [0, 0.05) is 16.0 Å². The first-order valence-corrected chi connectivity index (χ1v) is 8.59. The highest BCUT2D eigenvalue weighted by Crippen LogP contribution is 2.38. The number of anilines is 1. The predicted molar refractivity (Wildman–Crippen MR) is 95.9 cm³/mol. The van der Waals surface area contributed by atoms with Crippen molar-refractivity contribution >= 4 is 22.4 Å². The molecule has 3 aromatic rings. The maximum Gasteiger partial charge on any atom is 0.257 e. The summed E-state index contributed by atoms with van der Waals surface area (Å²) in [6.45, 7) is 0. The zero-order valence-electron chi connectivity index (χ0n) is 13.2. The summed E-state index contributed by atoms with van der Waals surface area (Å²) in [5, 5.41) is 3.56. The van der Waals surface area contributed by atoms with E-state index in [0.717, 1.165) is 24.3 Å². The van der Waals surface area contributed by atoms with E-state index in [1.165, 1.54) is 16.0 Å². The van der Waals surface area contributed by atoms with Crippen molar-refractivity contribution in [3.8, 4) is 17.0 Å². The van der Waals surface area contributed by atoms with Gasteiger partial charge in [-0.15, -0.1) is 11.3 Å². The molecular formula is C19H16N2O2S. The first kappa shape index (κ1) is 14.9. The predicted octanol–water partition coefficient (Wildman–Crippen LogP) is 4.17. The highest BCUT2D eigenvalue weighted by Gasteiger charge is 2.21. The number of carbonyl (C=O) groups excluding carboxylic acids is 1. The molecule has 0 spiro atoms. The van der Waals surface area contributed by atoms with Gasteiger partial charge in [0.1, 0.15) is 5.75 Å². The Bertz CT molecular complexity index is 900. The molecule has 0 saturated carbocycles. The molecule has 1 aliphatic rings. The van der Waals surface area contributed by atoms with Crippen molar-refractivity contribution in [2.45, 2.75) is 12.8 Å². The van der Waals surface area contributed by atoms with Crippen LogP contribution in [-0.4, -0.2) is 18.0 Å². The molecule has 0 unspecified atom stereocenters. The van der Waals surface area contributed by atoms with Crippen LogP contribution < -0.4 is 10.1 Å². The summed E-state index contributed by atoms with van der Waals surface area (Å²) in [5.74, 6) is 0.574. The van der Waals surface area contributed by atoms with E-state index in [4.69, 9.17) is 4.74 Å². The fraction of sp³-hybridized carbons (Fsp3) is 0.158. The first-order valence-electron chi connectivity index (χ1n) is 7.78. The zero-order chi connectivity index (χ0) is 16.5. The van der Waals surface area contributed by atoms with Crippen LogP contribution in [0.3, 0.4) is 0 Å². The van der Waals surface area contributed by atoms with Crippen molar-refractivity contribution in [3.63, 3.8) is 0 Å². The van der Waals surface area contributed by atoms with Crippen LogP contribution in [0.15, 0.2) is 48.5 Å². The average Bonchev–Trinajstić information content (AvgIpc) is 3.04. The molecule has 24 heavy (non-hydrogen) atoms. The third-order valence-corrected chi connectivity index (χ3v) is 5.19. The highest BCUT2D eigenvalue weighted by molar-refractivity contribution is 7.16. The van der Waals surface area contributed by atoms with Crippen molar-refractivity contribution in [1.29, 1.82) is 0 Å². The van der Waals surface area contributed by atoms with Gasteiger partial charge in [0.25, 0.3) is 5.91 Å². The quantitative estimate of drug-likeness (QED) is 0.781. The molecule has 0 bridgehead atoms. The number of carbonyl (C=O) groups is 1. The van der Waals surface area contributed by atoms with E-state index in [-0.39, 0.29) is 5.91 Å². The number of benzene rings is 2. The van der Waals surface area contributed by atoms with Crippen molar-refractivity contribution in [2.75, 3.05) is 12.4 Å². The molecule has 0 radical (unpaired) electrons. The SMILES string of the molecule is COc1ccc(C(=O)Nc2nc3c(s2)CCc2ccccc2-3)cc1. The molecule has 5 heteroatoms. The smallest absolute Gasteiger partial charge is 0.257 e. The van der Waals surface area contributed by atoms with Gasteiger partial charge < -0.3 is 4.74 Å². The Morgan fingerprint density at radius 3 is 2.71 bits per heavy atom. The van der Waals surface area contributed by atoms with Crippen molar-refractivity contribution in [3.05, 3.63) is 64.5 Å². The number of rotatable bonds is 3. The lowest BCUT2D eigenvalue weighted by Crippen LogP contribution is -2.11. The number of methoxy groups -OCH3 is 1. The van der Waals surface area contributed by atoms with Gasteiger partial charge >= 0.3 is 0 Å². The number of aromatic nitrogens is 1. The molecule has 0 saturated heterocycles. The zero-order valence-corrected chi connectivity index (χ0v) is 14.0. The fourth-order valence-electron chi connectivity index (χ4n) is 2.91. The van der Waals surface area contributed by atoms with Crippen LogP contribution in [0.5, 0.6) is 5.75 Å². The third kappa shape index (κ3) is 2.67. The maximum absolute atomic E-state index is 12.4. The Morgan fingerprint density at radius 2 is 1.92 bits per heavy atom. The van der Waals surface area contributed by atoms with E-state index < -0.39 is 0 Å². The minimum Gasteiger partial charge on any atom is -0.497 e. The number of amides is 1. The molecule has 0 atom stereocenters. The number of nitrogens with one attached hydrogen (secondary N) is 1. The van der Waals surface area contributed by atoms with E-state index in [9.17, 15) is 4.79 Å². The lowest BCUT2D eigenvalue weighted by Gasteiger charge is -2.13. The molecule has 0 fully saturated rings. The average molecular weight is 336 g/mol. The summed E-state index contributed by atoms with van der Waals surface area (Å²) < 4.78 is 5.11. The lowest BCUT2D eigenvalue weighted by atomic mass is 9.94. The molecule has 1 aromatic heterocycles. The summed E-state index contributed by atoms with van der Waals surface area (Å²) in [4.78, 5) is 18.3. The number of ether oxygens (including phenoxy) is 1. The number of nitrogens with zero attached hydrogens (tertiary/aromatic N) is 1. The van der Waals surface area contributed by atoms with Gasteiger partial charge in [0.2, 0.25) is 0 Å². The normalized spacial score (nSPS) is 12.2. The Kier molecular flexibility index (Phi) is 3.78. The van der Waals surface area contributed by atoms with Crippen LogP contribution in [0.4, 0.5) is 5.13 Å². The molecule has 1 N–H and O–H groups in total. The lowest BCUT2D eigenvalue weighted by molar-refractivity contribution is 0.102. The number of hydrogen-bond acceptors (Lipinski definition) is 4. The number of fused-ring (bicyclic) bond motifs is 3. The molecule has 1 aliphatic carbocycles. The molecular weight excluding hydrogens is 320 g/mol. The molecule has 4 nitrogen and oxygen atoms in total. The van der Waals surface area contributed by atoms with Gasteiger partial charge in [-0.2, -0.15) is 0 Å². The Balaban J connectivity index is 1.58. The summed E-state index contributed by atoms with van der Waals surface area (Å²) in [7, 11) is 1.60. The van der Waals surface area contributed by atoms with Gasteiger partial charge in [0.15, 0.2) is 5.13 Å². The van der Waals surface area contributed by atoms with Gasteiger partial charge in [-0.25, -0.2) is 4.98 Å². The van der Waals surface area contributed by atoms with E-state index >= 15 is 0 Å². The maximum atomic E-state index is 12.4. The van der Waals surface area contributed by atoms with Crippen molar-refractivity contribution in [2.24, 2.45) is 0 Å². The van der Waals surface area contributed by atoms with Crippen LogP contribution in [0.2, 0.25) is 0 Å². The molecule has 2 aromatic carbocycles. The topological polar surface area (TPSA) is 51.2 Å². The van der Waals surface area contributed by atoms with Crippen LogP contribution >= 0.6 is 11.3 Å². The monoisotopic (exact) mass is 336 g/mol. The minimum atomic E-state index is -0.156. The summed E-state index contributed by atoms with van der Waals surface area (Å²) in [6.07, 6.45) is 2.00. The van der Waals surface area contributed by atoms with Crippen LogP contribution in [0, 0.1) is 0 Å². The van der Waals surface area contributed by atoms with E-state index in [1.807, 2.05) is 6.07 Å². The Labute approximate surface area is 144 Å². The molecule has 1 amide bonds. The molecule has 1 heterocycles. The van der Waals surface area contributed by atoms with Crippen LogP contribution in [0.25, 0.3) is 11.3 Å². The van der Waals surface area contributed by atoms with Gasteiger partial charge in [-0.05, 0) is 42.7 Å². The molecule has 0 aliphatic heterocycles. The van der Waals surface area contributed by atoms with Gasteiger partial charge in [-0.1, -0.05) is 24.3 Å². The number of hydrogen-bond donors (Lipinski definition) is 1. The second-order valence-corrected chi connectivity index (χ2v) is 6.71. The fourth-order valence-corrected chi connectivity index (χ4v) is 3.88. The second kappa shape index (κ2) is 6.09. The van der Waals surface area contributed by atoms with Gasteiger partial charge in [0.05, 0.1) is 12.8 Å². The van der Waals surface area contributed by atoms with Crippen molar-refractivity contribution in [1.82, 2.24) is 4.98 Å². The van der Waals surface area contributed by atoms with Crippen LogP contribution in [-0.2, 0) is 12.8 Å². The standard InChI is InChI=1S/C19H16N2O2S/c1-23-14-9-6-13(7-10-14)18(22)21-19-20-17-15-5-3-2-4-12(15)8-11-16(17)24-19/h2-7,9-10H,8,11H2,1H3,(H,20,21,22). The summed E-state index contributed by atoms with van der Waals surface area (Å²) in [5.41, 5.74) is 4.10. The first-order chi connectivity index (χ1) is 11.7. The summed E-state index contributed by atoms with van der Waals surface area (Å²) in [6, 6.07) is 15.4. The van der Waals surface area contributed by atoms with Crippen molar-refractivity contribution < 1.29 is 9.53 Å².